The monoisotopic (exact) mass is 225 g/mol. The van der Waals surface area contributed by atoms with E-state index in [4.69, 9.17) is 9.63 Å². The Morgan fingerprint density at radius 2 is 2.20 bits per heavy atom. The van der Waals surface area contributed by atoms with Gasteiger partial charge in [0, 0.05) is 11.6 Å². The molecule has 1 atom stereocenters. The van der Waals surface area contributed by atoms with Crippen molar-refractivity contribution in [3.63, 3.8) is 0 Å². The molecule has 1 N–H and O–H groups in total. The first-order chi connectivity index (χ1) is 7.15. The van der Waals surface area contributed by atoms with Crippen molar-refractivity contribution in [2.75, 3.05) is 0 Å². The molecule has 5 heteroatoms. The van der Waals surface area contributed by atoms with E-state index in [9.17, 15) is 9.36 Å². The van der Waals surface area contributed by atoms with Gasteiger partial charge in [-0.15, -0.1) is 0 Å². The lowest BCUT2D eigenvalue weighted by Crippen LogP contribution is -2.09. The second kappa shape index (κ2) is 5.39. The van der Waals surface area contributed by atoms with Crippen molar-refractivity contribution >= 4 is 19.3 Å². The van der Waals surface area contributed by atoms with Gasteiger partial charge in [-0.05, 0) is 10.6 Å². The van der Waals surface area contributed by atoms with Crippen LogP contribution in [-0.2, 0) is 20.7 Å². The molecule has 15 heavy (non-hydrogen) atoms. The van der Waals surface area contributed by atoms with Crippen molar-refractivity contribution in [1.29, 1.82) is 0 Å². The van der Waals surface area contributed by atoms with Crippen molar-refractivity contribution in [1.82, 2.24) is 0 Å². The lowest BCUT2D eigenvalue weighted by Gasteiger charge is -2.01. The SMILES string of the molecule is C=CC(=O)OCc1ccccc1[P+](=O)O. The van der Waals surface area contributed by atoms with E-state index in [0.29, 0.717) is 5.56 Å². The van der Waals surface area contributed by atoms with E-state index >= 15 is 0 Å². The highest BCUT2D eigenvalue weighted by molar-refractivity contribution is 7.47. The van der Waals surface area contributed by atoms with Crippen LogP contribution in [0.2, 0.25) is 0 Å². The van der Waals surface area contributed by atoms with Crippen LogP contribution < -0.4 is 5.30 Å². The molecule has 0 saturated carbocycles. The average Bonchev–Trinajstić information content (AvgIpc) is 2.26. The topological polar surface area (TPSA) is 63.6 Å². The zero-order valence-corrected chi connectivity index (χ0v) is 8.81. The number of ether oxygens (including phenoxy) is 1. The lowest BCUT2D eigenvalue weighted by molar-refractivity contribution is -0.138. The van der Waals surface area contributed by atoms with Gasteiger partial charge in [-0.25, -0.2) is 4.79 Å². The molecule has 1 aromatic rings. The molecular weight excluding hydrogens is 215 g/mol. The molecule has 0 heterocycles. The van der Waals surface area contributed by atoms with Gasteiger partial charge in [-0.1, -0.05) is 24.8 Å². The maximum atomic E-state index is 10.9. The third-order valence-corrected chi connectivity index (χ3v) is 2.58. The molecule has 0 radical (unpaired) electrons. The molecule has 4 nitrogen and oxygen atoms in total. The zero-order chi connectivity index (χ0) is 11.3. The summed E-state index contributed by atoms with van der Waals surface area (Å²) in [7, 11) is -2.42. The van der Waals surface area contributed by atoms with E-state index in [0.717, 1.165) is 6.08 Å². The second-order valence-electron chi connectivity index (χ2n) is 2.71. The Hall–Kier alpha value is -1.51. The zero-order valence-electron chi connectivity index (χ0n) is 7.92. The largest absolute Gasteiger partial charge is 0.546 e. The summed E-state index contributed by atoms with van der Waals surface area (Å²) < 4.78 is 15.7. The molecule has 0 aliphatic rings. The minimum Gasteiger partial charge on any atom is -0.457 e. The summed E-state index contributed by atoms with van der Waals surface area (Å²) >= 11 is 0. The fraction of sp³-hybridized carbons (Fsp3) is 0.100. The van der Waals surface area contributed by atoms with Crippen LogP contribution in [0.3, 0.4) is 0 Å². The Morgan fingerprint density at radius 3 is 2.80 bits per heavy atom. The summed E-state index contributed by atoms with van der Waals surface area (Å²) in [6, 6.07) is 6.52. The third kappa shape index (κ3) is 3.27. The molecule has 0 spiro atoms. The highest BCUT2D eigenvalue weighted by Crippen LogP contribution is 2.16. The van der Waals surface area contributed by atoms with Crippen molar-refractivity contribution in [2.45, 2.75) is 6.61 Å². The summed E-state index contributed by atoms with van der Waals surface area (Å²) in [5.74, 6) is -0.557. The summed E-state index contributed by atoms with van der Waals surface area (Å²) in [5, 5.41) is 0.282. The molecule has 0 saturated heterocycles. The smallest absolute Gasteiger partial charge is 0.457 e. The van der Waals surface area contributed by atoms with Crippen LogP contribution in [0.25, 0.3) is 0 Å². The average molecular weight is 225 g/mol. The molecular formula is C10H10O4P+. The first-order valence-electron chi connectivity index (χ1n) is 4.18. The Morgan fingerprint density at radius 1 is 1.53 bits per heavy atom. The van der Waals surface area contributed by atoms with E-state index < -0.39 is 14.0 Å². The van der Waals surface area contributed by atoms with Crippen molar-refractivity contribution < 1.29 is 19.0 Å². The number of rotatable bonds is 4. The van der Waals surface area contributed by atoms with E-state index in [-0.39, 0.29) is 11.9 Å². The van der Waals surface area contributed by atoms with Crippen LogP contribution in [0.4, 0.5) is 0 Å². The van der Waals surface area contributed by atoms with E-state index in [1.165, 1.54) is 6.07 Å². The van der Waals surface area contributed by atoms with Gasteiger partial charge in [-0.3, -0.25) is 0 Å². The Balaban J connectivity index is 2.80. The molecule has 1 aromatic carbocycles. The van der Waals surface area contributed by atoms with E-state index in [1.54, 1.807) is 18.2 Å². The van der Waals surface area contributed by atoms with Gasteiger partial charge in [0.1, 0.15) is 6.61 Å². The van der Waals surface area contributed by atoms with Gasteiger partial charge in [0.05, 0.1) is 0 Å². The Labute approximate surface area is 88.1 Å². The summed E-state index contributed by atoms with van der Waals surface area (Å²) in [5.41, 5.74) is 0.524. The van der Waals surface area contributed by atoms with Gasteiger partial charge in [0.15, 0.2) is 0 Å². The molecule has 1 unspecified atom stereocenters. The lowest BCUT2D eigenvalue weighted by atomic mass is 10.2. The molecule has 0 fully saturated rings. The number of carbonyl (C=O) groups is 1. The number of hydrogen-bond acceptors (Lipinski definition) is 3. The molecule has 0 aliphatic heterocycles. The molecule has 0 bridgehead atoms. The molecule has 1 rings (SSSR count). The fourth-order valence-electron chi connectivity index (χ4n) is 1.03. The maximum absolute atomic E-state index is 10.9. The van der Waals surface area contributed by atoms with Gasteiger partial charge in [0.2, 0.25) is 5.30 Å². The summed E-state index contributed by atoms with van der Waals surface area (Å²) in [6.07, 6.45) is 1.04. The highest BCUT2D eigenvalue weighted by Gasteiger charge is 2.21. The second-order valence-corrected chi connectivity index (χ2v) is 3.74. The number of benzene rings is 1. The molecule has 0 amide bonds. The van der Waals surface area contributed by atoms with Crippen LogP contribution in [0.15, 0.2) is 36.9 Å². The summed E-state index contributed by atoms with van der Waals surface area (Å²) in [6.45, 7) is 3.22. The first kappa shape index (κ1) is 11.6. The predicted molar refractivity (Wildman–Crippen MR) is 55.9 cm³/mol. The quantitative estimate of drug-likeness (QED) is 0.476. The summed E-state index contributed by atoms with van der Waals surface area (Å²) in [4.78, 5) is 19.8. The fourth-order valence-corrected chi connectivity index (χ4v) is 1.63. The van der Waals surface area contributed by atoms with Crippen LogP contribution >= 0.6 is 8.03 Å². The van der Waals surface area contributed by atoms with Gasteiger partial charge in [0.25, 0.3) is 0 Å². The maximum Gasteiger partial charge on any atom is 0.546 e. The van der Waals surface area contributed by atoms with E-state index in [1.807, 2.05) is 0 Å². The Kier molecular flexibility index (Phi) is 4.16. The molecule has 0 aromatic heterocycles. The standard InChI is InChI=1S/C10H9O4P/c1-2-10(11)14-7-8-5-3-4-6-9(8)15(12)13/h2-6H,1,7H2/p+1. The number of carbonyl (C=O) groups excluding carboxylic acids is 1. The van der Waals surface area contributed by atoms with Gasteiger partial charge < -0.3 is 4.74 Å². The minimum atomic E-state index is -2.42. The van der Waals surface area contributed by atoms with Crippen molar-refractivity contribution in [3.8, 4) is 0 Å². The van der Waals surface area contributed by atoms with Crippen LogP contribution in [0, 0.1) is 0 Å². The highest BCUT2D eigenvalue weighted by atomic mass is 31.1. The number of esters is 1. The third-order valence-electron chi connectivity index (χ3n) is 1.73. The Bertz CT molecular complexity index is 400. The van der Waals surface area contributed by atoms with Gasteiger partial charge >= 0.3 is 14.0 Å². The normalized spacial score (nSPS) is 10.6. The first-order valence-corrected chi connectivity index (χ1v) is 5.39. The van der Waals surface area contributed by atoms with Gasteiger partial charge in [-0.2, -0.15) is 4.89 Å². The predicted octanol–water partition coefficient (Wildman–Crippen LogP) is 1.28. The van der Waals surface area contributed by atoms with E-state index in [2.05, 4.69) is 6.58 Å². The van der Waals surface area contributed by atoms with Crippen molar-refractivity contribution in [2.24, 2.45) is 0 Å². The van der Waals surface area contributed by atoms with Crippen molar-refractivity contribution in [3.05, 3.63) is 42.5 Å². The van der Waals surface area contributed by atoms with Crippen LogP contribution in [0.5, 0.6) is 0 Å². The van der Waals surface area contributed by atoms with Crippen LogP contribution in [0.1, 0.15) is 5.56 Å². The number of hydrogen-bond donors (Lipinski definition) is 1. The minimum absolute atomic E-state index is 0.0251. The van der Waals surface area contributed by atoms with Crippen LogP contribution in [-0.4, -0.2) is 10.9 Å². The molecule has 0 aliphatic carbocycles. The molecule has 78 valence electrons.